The Hall–Kier alpha value is -0.460. The molecule has 0 N–H and O–H groups in total. The molecule has 0 atom stereocenters. The Bertz CT molecular complexity index is 244. The van der Waals surface area contributed by atoms with E-state index >= 15 is 0 Å². The molecule has 0 radical (unpaired) electrons. The van der Waals surface area contributed by atoms with E-state index in [1.807, 2.05) is 0 Å². The van der Waals surface area contributed by atoms with Crippen LogP contribution in [0.3, 0.4) is 0 Å². The van der Waals surface area contributed by atoms with Gasteiger partial charge in [0.15, 0.2) is 0 Å². The molecule has 0 unspecified atom stereocenters. The molecular weight excluding hydrogens is 182 g/mol. The summed E-state index contributed by atoms with van der Waals surface area (Å²) in [7, 11) is -1.49. The maximum atomic E-state index is 9.22. The van der Waals surface area contributed by atoms with Crippen LogP contribution in [0.5, 0.6) is 0 Å². The van der Waals surface area contributed by atoms with Crippen molar-refractivity contribution in [2.24, 2.45) is 0 Å². The lowest BCUT2D eigenvalue weighted by Gasteiger charge is -1.98. The topological polar surface area (TPSA) is 69.4 Å². The second-order valence-corrected chi connectivity index (χ2v) is 3.53. The SMILES string of the molecule is COS(=O)(=O)[O-].C[N+]1=CCCC1. The minimum atomic E-state index is -4.41. The first kappa shape index (κ1) is 11.5. The van der Waals surface area contributed by atoms with E-state index in [2.05, 4.69) is 22.0 Å². The van der Waals surface area contributed by atoms with Crippen molar-refractivity contribution in [1.82, 2.24) is 0 Å². The lowest BCUT2D eigenvalue weighted by Crippen LogP contribution is -1.97. The molecule has 1 heterocycles. The molecule has 0 aromatic rings. The molecule has 1 aliphatic heterocycles. The summed E-state index contributed by atoms with van der Waals surface area (Å²) in [6.45, 7) is 1.26. The van der Waals surface area contributed by atoms with Gasteiger partial charge < -0.3 is 4.55 Å². The normalized spacial score (nSPS) is 16.4. The van der Waals surface area contributed by atoms with Crippen molar-refractivity contribution < 1.29 is 21.7 Å². The molecule has 0 saturated carbocycles. The van der Waals surface area contributed by atoms with Gasteiger partial charge in [0.25, 0.3) is 0 Å². The average molecular weight is 195 g/mol. The molecule has 12 heavy (non-hydrogen) atoms. The maximum Gasteiger partial charge on any atom is 0.217 e. The third-order valence-electron chi connectivity index (χ3n) is 1.36. The molecule has 72 valence electrons. The smallest absolute Gasteiger partial charge is 0.217 e. The molecule has 0 bridgehead atoms. The van der Waals surface area contributed by atoms with Crippen LogP contribution in [0, 0.1) is 0 Å². The van der Waals surface area contributed by atoms with Gasteiger partial charge >= 0.3 is 0 Å². The lowest BCUT2D eigenvalue weighted by atomic mass is 10.4. The van der Waals surface area contributed by atoms with Gasteiger partial charge in [-0.15, -0.1) is 0 Å². The fourth-order valence-corrected chi connectivity index (χ4v) is 0.744. The molecule has 6 heteroatoms. The molecule has 0 fully saturated rings. The van der Waals surface area contributed by atoms with Gasteiger partial charge in [-0.2, -0.15) is 0 Å². The van der Waals surface area contributed by atoms with Gasteiger partial charge in [0.05, 0.1) is 7.11 Å². The lowest BCUT2D eigenvalue weighted by molar-refractivity contribution is -0.484. The number of rotatable bonds is 1. The van der Waals surface area contributed by atoms with Crippen molar-refractivity contribution in [2.45, 2.75) is 12.8 Å². The molecule has 0 amide bonds. The molecule has 1 aliphatic rings. The second-order valence-electron chi connectivity index (χ2n) is 2.38. The van der Waals surface area contributed by atoms with E-state index in [4.69, 9.17) is 0 Å². The molecule has 0 spiro atoms. The van der Waals surface area contributed by atoms with Gasteiger partial charge in [-0.25, -0.2) is 13.0 Å². The fraction of sp³-hybridized carbons (Fsp3) is 0.833. The Morgan fingerprint density at radius 3 is 2.17 bits per heavy atom. The van der Waals surface area contributed by atoms with Crippen LogP contribution in [0.1, 0.15) is 12.8 Å². The summed E-state index contributed by atoms with van der Waals surface area (Å²) < 4.78 is 33.3. The van der Waals surface area contributed by atoms with Gasteiger partial charge in [0, 0.05) is 12.8 Å². The monoisotopic (exact) mass is 195 g/mol. The van der Waals surface area contributed by atoms with E-state index in [9.17, 15) is 13.0 Å². The maximum absolute atomic E-state index is 9.22. The summed E-state index contributed by atoms with van der Waals surface area (Å²) in [6.07, 6.45) is 4.88. The Labute approximate surface area is 72.6 Å². The zero-order chi connectivity index (χ0) is 9.61. The van der Waals surface area contributed by atoms with Crippen molar-refractivity contribution in [3.05, 3.63) is 0 Å². The Balaban J connectivity index is 0.000000202. The summed E-state index contributed by atoms with van der Waals surface area (Å²) in [6, 6.07) is 0. The zero-order valence-electron chi connectivity index (χ0n) is 7.19. The first-order valence-corrected chi connectivity index (χ1v) is 4.84. The highest BCUT2D eigenvalue weighted by Crippen LogP contribution is 1.91. The Morgan fingerprint density at radius 1 is 1.58 bits per heavy atom. The van der Waals surface area contributed by atoms with E-state index in [1.54, 1.807) is 0 Å². The Kier molecular flexibility index (Phi) is 5.03. The van der Waals surface area contributed by atoms with Crippen molar-refractivity contribution >= 4 is 16.6 Å². The van der Waals surface area contributed by atoms with E-state index in [0.29, 0.717) is 0 Å². The van der Waals surface area contributed by atoms with Crippen LogP contribution in [0.15, 0.2) is 0 Å². The molecule has 5 nitrogen and oxygen atoms in total. The minimum absolute atomic E-state index is 0.808. The predicted molar refractivity (Wildman–Crippen MR) is 43.1 cm³/mol. The summed E-state index contributed by atoms with van der Waals surface area (Å²) in [5.74, 6) is 0. The average Bonchev–Trinajstić information content (AvgIpc) is 2.39. The van der Waals surface area contributed by atoms with Crippen molar-refractivity contribution in [1.29, 1.82) is 0 Å². The van der Waals surface area contributed by atoms with Gasteiger partial charge in [-0.1, -0.05) is 0 Å². The summed E-state index contributed by atoms with van der Waals surface area (Å²) >= 11 is 0. The predicted octanol–water partition coefficient (Wildman–Crippen LogP) is -0.414. The Morgan fingerprint density at radius 2 is 2.08 bits per heavy atom. The number of nitrogens with zero attached hydrogens (tertiary/aromatic N) is 1. The molecular formula is C6H13NO4S. The first-order chi connectivity index (χ1) is 5.45. The quantitative estimate of drug-likeness (QED) is 0.324. The van der Waals surface area contributed by atoms with Crippen molar-refractivity contribution in [2.75, 3.05) is 20.7 Å². The number of hydrogen-bond donors (Lipinski definition) is 0. The first-order valence-electron chi connectivity index (χ1n) is 3.50. The van der Waals surface area contributed by atoms with Crippen molar-refractivity contribution in [3.63, 3.8) is 0 Å². The van der Waals surface area contributed by atoms with Crippen LogP contribution in [-0.4, -0.2) is 44.5 Å². The van der Waals surface area contributed by atoms with Crippen LogP contribution >= 0.6 is 0 Å². The second kappa shape index (κ2) is 5.23. The highest BCUT2D eigenvalue weighted by atomic mass is 32.3. The van der Waals surface area contributed by atoms with Gasteiger partial charge in [0.2, 0.25) is 10.4 Å². The van der Waals surface area contributed by atoms with Gasteiger partial charge in [0.1, 0.15) is 19.8 Å². The zero-order valence-corrected chi connectivity index (χ0v) is 8.00. The van der Waals surface area contributed by atoms with Gasteiger partial charge in [-0.05, 0) is 0 Å². The molecule has 0 aromatic heterocycles. The summed E-state index contributed by atoms with van der Waals surface area (Å²) in [4.78, 5) is 0. The van der Waals surface area contributed by atoms with E-state index in [-0.39, 0.29) is 0 Å². The van der Waals surface area contributed by atoms with E-state index < -0.39 is 10.4 Å². The highest BCUT2D eigenvalue weighted by molar-refractivity contribution is 7.80. The highest BCUT2D eigenvalue weighted by Gasteiger charge is 2.01. The van der Waals surface area contributed by atoms with E-state index in [0.717, 1.165) is 7.11 Å². The van der Waals surface area contributed by atoms with Crippen LogP contribution in [0.4, 0.5) is 0 Å². The molecule has 1 rings (SSSR count). The number of hydrogen-bond acceptors (Lipinski definition) is 4. The third kappa shape index (κ3) is 7.64. The summed E-state index contributed by atoms with van der Waals surface area (Å²) in [5, 5.41) is 0. The van der Waals surface area contributed by atoms with Crippen molar-refractivity contribution in [3.8, 4) is 0 Å². The molecule has 0 aliphatic carbocycles. The van der Waals surface area contributed by atoms with Crippen LogP contribution in [-0.2, 0) is 14.6 Å². The van der Waals surface area contributed by atoms with Crippen LogP contribution in [0.25, 0.3) is 0 Å². The largest absolute Gasteiger partial charge is 0.726 e. The van der Waals surface area contributed by atoms with Gasteiger partial charge in [-0.3, -0.25) is 4.18 Å². The molecule has 0 aromatic carbocycles. The fourth-order valence-electron chi connectivity index (χ4n) is 0.744. The third-order valence-corrected chi connectivity index (χ3v) is 1.77. The van der Waals surface area contributed by atoms with Crippen LogP contribution in [0.2, 0.25) is 0 Å². The van der Waals surface area contributed by atoms with E-state index in [1.165, 1.54) is 19.4 Å². The summed E-state index contributed by atoms with van der Waals surface area (Å²) in [5.41, 5.74) is 0. The molecule has 0 saturated heterocycles. The minimum Gasteiger partial charge on any atom is -0.726 e. The van der Waals surface area contributed by atoms with Crippen LogP contribution < -0.4 is 0 Å². The standard InChI is InChI=1S/C5H10N.CH4O4S/c1-6-4-2-3-5-6;1-5-6(2,3)4/h4H,2-3,5H2,1H3;1H3,(H,2,3,4)/q+1;/p-1.